The molecule has 0 radical (unpaired) electrons. The SMILES string of the molecule is CCCCCCCCCC=C[N+](C)(C)C. The number of quaternary nitrogens is 1. The van der Waals surface area contributed by atoms with E-state index in [-0.39, 0.29) is 0 Å². The summed E-state index contributed by atoms with van der Waals surface area (Å²) in [4.78, 5) is 0. The molecule has 90 valence electrons. The Hall–Kier alpha value is -0.300. The van der Waals surface area contributed by atoms with Crippen molar-refractivity contribution in [2.24, 2.45) is 0 Å². The molecule has 15 heavy (non-hydrogen) atoms. The molecule has 1 nitrogen and oxygen atoms in total. The van der Waals surface area contributed by atoms with Crippen LogP contribution in [0.25, 0.3) is 0 Å². The number of unbranched alkanes of at least 4 members (excludes halogenated alkanes) is 7. The van der Waals surface area contributed by atoms with Gasteiger partial charge in [0.05, 0.1) is 27.3 Å². The Morgan fingerprint density at radius 1 is 0.800 bits per heavy atom. The van der Waals surface area contributed by atoms with Gasteiger partial charge in [0, 0.05) is 0 Å². The lowest BCUT2D eigenvalue weighted by atomic mass is 10.1. The summed E-state index contributed by atoms with van der Waals surface area (Å²) in [5.74, 6) is 0. The lowest BCUT2D eigenvalue weighted by Gasteiger charge is -2.17. The van der Waals surface area contributed by atoms with Crippen LogP contribution in [0.1, 0.15) is 58.3 Å². The van der Waals surface area contributed by atoms with Crippen molar-refractivity contribution in [1.29, 1.82) is 0 Å². The van der Waals surface area contributed by atoms with Crippen LogP contribution in [0.4, 0.5) is 0 Å². The Morgan fingerprint density at radius 2 is 1.33 bits per heavy atom. The zero-order chi connectivity index (χ0) is 11.6. The largest absolute Gasteiger partial charge is 0.305 e. The Kier molecular flexibility index (Phi) is 8.79. The van der Waals surface area contributed by atoms with Gasteiger partial charge in [-0.15, -0.1) is 0 Å². The topological polar surface area (TPSA) is 0 Å². The van der Waals surface area contributed by atoms with Crippen molar-refractivity contribution in [1.82, 2.24) is 0 Å². The first-order chi connectivity index (χ1) is 7.06. The normalized spacial score (nSPS) is 12.5. The van der Waals surface area contributed by atoms with Crippen molar-refractivity contribution < 1.29 is 4.48 Å². The third-order valence-electron chi connectivity index (χ3n) is 2.53. The van der Waals surface area contributed by atoms with E-state index in [4.69, 9.17) is 0 Å². The molecule has 0 fully saturated rings. The van der Waals surface area contributed by atoms with E-state index in [0.717, 1.165) is 4.48 Å². The second-order valence-electron chi connectivity index (χ2n) is 5.41. The van der Waals surface area contributed by atoms with E-state index in [2.05, 4.69) is 40.3 Å². The highest BCUT2D eigenvalue weighted by molar-refractivity contribution is 4.72. The third-order valence-corrected chi connectivity index (χ3v) is 2.53. The minimum atomic E-state index is 0.941. The van der Waals surface area contributed by atoms with E-state index in [1.165, 1.54) is 51.4 Å². The highest BCUT2D eigenvalue weighted by atomic mass is 15.3. The number of nitrogens with zero attached hydrogens (tertiary/aromatic N) is 1. The van der Waals surface area contributed by atoms with Crippen molar-refractivity contribution in [3.8, 4) is 0 Å². The summed E-state index contributed by atoms with van der Waals surface area (Å²) >= 11 is 0. The lowest BCUT2D eigenvalue weighted by molar-refractivity contribution is -0.817. The molecule has 0 rings (SSSR count). The van der Waals surface area contributed by atoms with Gasteiger partial charge in [-0.05, 0) is 18.9 Å². The molecule has 0 amide bonds. The van der Waals surface area contributed by atoms with Gasteiger partial charge >= 0.3 is 0 Å². The molecule has 0 bridgehead atoms. The van der Waals surface area contributed by atoms with Gasteiger partial charge in [0.25, 0.3) is 0 Å². The van der Waals surface area contributed by atoms with Gasteiger partial charge < -0.3 is 4.48 Å². The van der Waals surface area contributed by atoms with Crippen molar-refractivity contribution in [3.05, 3.63) is 12.3 Å². The maximum atomic E-state index is 2.33. The van der Waals surface area contributed by atoms with Crippen LogP contribution in [0.15, 0.2) is 12.3 Å². The molecule has 0 saturated heterocycles. The fourth-order valence-corrected chi connectivity index (χ4v) is 1.61. The summed E-state index contributed by atoms with van der Waals surface area (Å²) < 4.78 is 0.941. The van der Waals surface area contributed by atoms with Crippen LogP contribution in [0.3, 0.4) is 0 Å². The summed E-state index contributed by atoms with van der Waals surface area (Å²) in [6.45, 7) is 2.27. The van der Waals surface area contributed by atoms with Gasteiger partial charge in [0.2, 0.25) is 0 Å². The molecule has 0 heterocycles. The molecule has 1 heteroatoms. The smallest absolute Gasteiger partial charge is 0.0911 e. The summed E-state index contributed by atoms with van der Waals surface area (Å²) in [5.41, 5.74) is 0. The first-order valence-electron chi connectivity index (χ1n) is 6.55. The Bertz CT molecular complexity index is 153. The Labute approximate surface area is 96.8 Å². The predicted molar refractivity (Wildman–Crippen MR) is 69.8 cm³/mol. The highest BCUT2D eigenvalue weighted by Gasteiger charge is 1.98. The van der Waals surface area contributed by atoms with Gasteiger partial charge in [0.1, 0.15) is 0 Å². The first-order valence-corrected chi connectivity index (χ1v) is 6.55. The van der Waals surface area contributed by atoms with Crippen LogP contribution < -0.4 is 0 Å². The quantitative estimate of drug-likeness (QED) is 0.394. The summed E-state index contributed by atoms with van der Waals surface area (Å²) in [6, 6.07) is 0. The number of hydrogen-bond donors (Lipinski definition) is 0. The third kappa shape index (κ3) is 13.7. The van der Waals surface area contributed by atoms with Crippen molar-refractivity contribution in [3.63, 3.8) is 0 Å². The van der Waals surface area contributed by atoms with E-state index in [0.29, 0.717) is 0 Å². The van der Waals surface area contributed by atoms with Gasteiger partial charge in [-0.1, -0.05) is 45.4 Å². The maximum absolute atomic E-state index is 2.33. The molecule has 0 aliphatic carbocycles. The molecule has 0 unspecified atom stereocenters. The average Bonchev–Trinajstić information content (AvgIpc) is 2.14. The van der Waals surface area contributed by atoms with Crippen molar-refractivity contribution in [2.45, 2.75) is 58.3 Å². The maximum Gasteiger partial charge on any atom is 0.0911 e. The van der Waals surface area contributed by atoms with Crippen molar-refractivity contribution in [2.75, 3.05) is 21.1 Å². The molecule has 0 aliphatic rings. The van der Waals surface area contributed by atoms with Gasteiger partial charge in [-0.3, -0.25) is 0 Å². The van der Waals surface area contributed by atoms with Crippen LogP contribution in [-0.4, -0.2) is 25.6 Å². The second-order valence-corrected chi connectivity index (χ2v) is 5.41. The van der Waals surface area contributed by atoms with E-state index in [9.17, 15) is 0 Å². The van der Waals surface area contributed by atoms with Crippen LogP contribution in [0.5, 0.6) is 0 Å². The molecule has 0 saturated carbocycles. The standard InChI is InChI=1S/C14H30N/c1-5-6-7-8-9-10-11-12-13-14-15(2,3)4/h13-14H,5-12H2,1-4H3/q+1. The minimum absolute atomic E-state index is 0.941. The Morgan fingerprint density at radius 3 is 1.87 bits per heavy atom. The molecular weight excluding hydrogens is 182 g/mol. The molecule has 0 spiro atoms. The lowest BCUT2D eigenvalue weighted by Crippen LogP contribution is -2.26. The van der Waals surface area contributed by atoms with Crippen LogP contribution >= 0.6 is 0 Å². The fraction of sp³-hybridized carbons (Fsp3) is 0.857. The van der Waals surface area contributed by atoms with Crippen LogP contribution in [0, 0.1) is 0 Å². The molecule has 0 N–H and O–H groups in total. The van der Waals surface area contributed by atoms with Gasteiger partial charge in [-0.25, -0.2) is 0 Å². The summed E-state index contributed by atoms with van der Waals surface area (Å²) in [5, 5.41) is 0. The summed E-state index contributed by atoms with van der Waals surface area (Å²) in [7, 11) is 6.59. The number of hydrogen-bond acceptors (Lipinski definition) is 0. The zero-order valence-electron chi connectivity index (χ0n) is 11.3. The summed E-state index contributed by atoms with van der Waals surface area (Å²) in [6.07, 6.45) is 15.7. The molecule has 0 aliphatic heterocycles. The predicted octanol–water partition coefficient (Wildman–Crippen LogP) is 4.35. The van der Waals surface area contributed by atoms with E-state index in [1.807, 2.05) is 0 Å². The fourth-order valence-electron chi connectivity index (χ4n) is 1.61. The van der Waals surface area contributed by atoms with Crippen molar-refractivity contribution >= 4 is 0 Å². The highest BCUT2D eigenvalue weighted by Crippen LogP contribution is 2.08. The molecule has 0 aromatic rings. The van der Waals surface area contributed by atoms with Crippen LogP contribution in [0.2, 0.25) is 0 Å². The van der Waals surface area contributed by atoms with Crippen LogP contribution in [-0.2, 0) is 0 Å². The number of allylic oxidation sites excluding steroid dienone is 1. The zero-order valence-corrected chi connectivity index (χ0v) is 11.3. The minimum Gasteiger partial charge on any atom is -0.305 e. The van der Waals surface area contributed by atoms with E-state index >= 15 is 0 Å². The molecule has 0 aromatic heterocycles. The van der Waals surface area contributed by atoms with Gasteiger partial charge in [-0.2, -0.15) is 0 Å². The Balaban J connectivity index is 3.15. The van der Waals surface area contributed by atoms with E-state index < -0.39 is 0 Å². The first kappa shape index (κ1) is 14.7. The molecular formula is C14H30N+. The monoisotopic (exact) mass is 212 g/mol. The van der Waals surface area contributed by atoms with E-state index in [1.54, 1.807) is 0 Å². The van der Waals surface area contributed by atoms with Gasteiger partial charge in [0.15, 0.2) is 0 Å². The average molecular weight is 212 g/mol. The molecule has 0 aromatic carbocycles. The second kappa shape index (κ2) is 8.96. The molecule has 0 atom stereocenters. The number of rotatable bonds is 9.